The minimum atomic E-state index is -2.65. The fourth-order valence-corrected chi connectivity index (χ4v) is 4.69. The van der Waals surface area contributed by atoms with Crippen molar-refractivity contribution in [2.24, 2.45) is 0 Å². The van der Waals surface area contributed by atoms with Crippen LogP contribution in [0, 0.1) is 50.9 Å². The van der Waals surface area contributed by atoms with E-state index in [9.17, 15) is 5.26 Å². The second-order valence-electron chi connectivity index (χ2n) is 9.58. The van der Waals surface area contributed by atoms with Crippen molar-refractivity contribution in [2.45, 2.75) is 27.4 Å². The van der Waals surface area contributed by atoms with Gasteiger partial charge in [-0.3, -0.25) is 0 Å². The maximum absolute atomic E-state index is 9.98. The average Bonchev–Trinajstić information content (AvgIpc) is 3.53. The minimum absolute atomic E-state index is 0. The molecule has 0 aliphatic heterocycles. The van der Waals surface area contributed by atoms with Gasteiger partial charge in [-0.25, -0.2) is 0 Å². The molecule has 0 saturated carbocycles. The molecule has 0 fully saturated rings. The van der Waals surface area contributed by atoms with Crippen LogP contribution in [0.25, 0.3) is 55.6 Å². The van der Waals surface area contributed by atoms with E-state index in [4.69, 9.17) is 20.9 Å². The largest absolute Gasteiger partial charge is 0.499 e. The molecule has 7 rings (SSSR count). The number of furan rings is 1. The second kappa shape index (κ2) is 13.2. The van der Waals surface area contributed by atoms with Crippen molar-refractivity contribution < 1.29 is 41.0 Å². The molecule has 0 N–H and O–H groups in total. The Morgan fingerprint density at radius 2 is 1.55 bits per heavy atom. The van der Waals surface area contributed by atoms with Crippen molar-refractivity contribution in [3.05, 3.63) is 143 Å². The van der Waals surface area contributed by atoms with Crippen molar-refractivity contribution >= 4 is 21.9 Å². The van der Waals surface area contributed by atoms with Gasteiger partial charge in [-0.1, -0.05) is 84.0 Å². The molecule has 7 aromatic rings. The third-order valence-corrected chi connectivity index (χ3v) is 6.81. The molecule has 0 aliphatic carbocycles. The first-order chi connectivity index (χ1) is 25.8. The first kappa shape index (κ1) is 18.7. The topological polar surface area (TPSA) is 62.7 Å². The van der Waals surface area contributed by atoms with Gasteiger partial charge in [0.15, 0.2) is 0 Å². The molecule has 0 amide bonds. The van der Waals surface area contributed by atoms with Gasteiger partial charge in [-0.2, -0.15) is 5.26 Å². The Balaban J connectivity index is 0.000000244. The molecular formula is C39H29IrN3O-2. The Morgan fingerprint density at radius 3 is 2.25 bits per heavy atom. The molecule has 0 aliphatic rings. The zero-order chi connectivity index (χ0) is 39.9. The molecule has 3 heterocycles. The summed E-state index contributed by atoms with van der Waals surface area (Å²) in [6.07, 6.45) is 2.38. The molecule has 4 aromatic carbocycles. The molecule has 0 atom stereocenters. The summed E-state index contributed by atoms with van der Waals surface area (Å²) in [7, 11) is 0. The van der Waals surface area contributed by atoms with Gasteiger partial charge in [0.25, 0.3) is 0 Å². The first-order valence-corrected chi connectivity index (χ1v) is 13.1. The van der Waals surface area contributed by atoms with Gasteiger partial charge in [0.1, 0.15) is 17.2 Å². The number of nitrogens with zero attached hydrogens (tertiary/aromatic N) is 3. The molecule has 1 radical (unpaired) electrons. The Bertz CT molecular complexity index is 2480. The number of benzene rings is 4. The van der Waals surface area contributed by atoms with Crippen LogP contribution in [0.4, 0.5) is 0 Å². The maximum atomic E-state index is 9.98. The van der Waals surface area contributed by atoms with E-state index in [1.54, 1.807) is 24.3 Å². The summed E-state index contributed by atoms with van der Waals surface area (Å²) in [6.45, 7) is -9.62. The number of nitriles is 1. The first-order valence-electron chi connectivity index (χ1n) is 19.1. The van der Waals surface area contributed by atoms with E-state index in [1.165, 1.54) is 30.5 Å². The third-order valence-electron chi connectivity index (χ3n) is 6.81. The number of aryl methyl sites for hydroxylation is 4. The Hall–Kier alpha value is -4.88. The van der Waals surface area contributed by atoms with Gasteiger partial charge in [0.2, 0.25) is 0 Å². The van der Waals surface area contributed by atoms with Gasteiger partial charge >= 0.3 is 0 Å². The molecule has 0 saturated heterocycles. The fourth-order valence-electron chi connectivity index (χ4n) is 4.69. The van der Waals surface area contributed by atoms with Crippen LogP contribution >= 0.6 is 0 Å². The van der Waals surface area contributed by atoms with Crippen LogP contribution in [-0.4, -0.2) is 9.97 Å². The van der Waals surface area contributed by atoms with E-state index in [-0.39, 0.29) is 48.1 Å². The van der Waals surface area contributed by atoms with Gasteiger partial charge < -0.3 is 14.4 Å². The molecule has 0 spiro atoms. The minimum Gasteiger partial charge on any atom is -0.499 e. The number of rotatable bonds is 3. The predicted molar refractivity (Wildman–Crippen MR) is 173 cm³/mol. The maximum Gasteiger partial charge on any atom is 0.139 e. The second-order valence-corrected chi connectivity index (χ2v) is 9.58. The number of hydrogen-bond acceptors (Lipinski definition) is 4. The number of fused-ring (bicyclic) bond motifs is 3. The van der Waals surface area contributed by atoms with Gasteiger partial charge in [0, 0.05) is 59.9 Å². The molecular weight excluding hydrogens is 719 g/mol. The zero-order valence-corrected chi connectivity index (χ0v) is 25.3. The van der Waals surface area contributed by atoms with E-state index < -0.39 is 27.4 Å². The molecule has 217 valence electrons. The predicted octanol–water partition coefficient (Wildman–Crippen LogP) is 9.77. The molecule has 4 nitrogen and oxygen atoms in total. The van der Waals surface area contributed by atoms with E-state index in [0.717, 1.165) is 22.7 Å². The summed E-state index contributed by atoms with van der Waals surface area (Å²) in [5.41, 5.74) is 4.30. The van der Waals surface area contributed by atoms with Crippen LogP contribution in [0.5, 0.6) is 0 Å². The summed E-state index contributed by atoms with van der Waals surface area (Å²) in [4.78, 5) is 8.33. The summed E-state index contributed by atoms with van der Waals surface area (Å²) in [5, 5.41) is 11.4. The van der Waals surface area contributed by atoms with E-state index in [0.29, 0.717) is 38.9 Å². The van der Waals surface area contributed by atoms with Gasteiger partial charge in [0.05, 0.1) is 5.58 Å². The molecule has 0 bridgehead atoms. The molecule has 0 unspecified atom stereocenters. The van der Waals surface area contributed by atoms with Crippen molar-refractivity contribution in [3.8, 4) is 39.7 Å². The van der Waals surface area contributed by atoms with Gasteiger partial charge in [-0.15, -0.1) is 53.6 Å². The fraction of sp³-hybridized carbons (Fsp3) is 0.103. The van der Waals surface area contributed by atoms with E-state index >= 15 is 0 Å². The zero-order valence-electron chi connectivity index (χ0n) is 34.9. The van der Waals surface area contributed by atoms with Crippen LogP contribution < -0.4 is 0 Å². The number of hydrogen-bond donors (Lipinski definition) is 0. The number of aromatic nitrogens is 2. The smallest absolute Gasteiger partial charge is 0.139 e. The van der Waals surface area contributed by atoms with Crippen molar-refractivity contribution in [1.82, 2.24) is 9.97 Å². The standard InChI is InChI=1S/C26H17N2O.C13H12N.Ir/c1-16-13-24(28-15-17(16)2)22-10-6-9-20-21-12-11-19(18-7-4-3-5-8-18)23(14-27)26(21)29-25(20)22;1-10-3-6-12(7-4-10)13-8-5-11(2)9-14-13;/h3-9,11-13,15H,1-2H3;3-6,8-9H,1-2H3;/q2*-1;/i2*1D3,2D3;. The third kappa shape index (κ3) is 6.10. The average molecular weight is 760 g/mol. The van der Waals surface area contributed by atoms with Crippen LogP contribution in [0.1, 0.15) is 44.3 Å². The Labute approximate surface area is 288 Å². The molecule has 3 aromatic heterocycles. The SMILES string of the molecule is [2H]C([2H])([2H])c1c[c-]c(-c2ccc(C([2H])([2H])[2H])cn2)cc1.[2H]C([2H])([2H])c1cnc(-c2[c-]ccc3c2oc2c(C#N)c(-c4ccccc4)ccc23)cc1C([2H])([2H])[2H].[Ir]. The van der Waals surface area contributed by atoms with Gasteiger partial charge in [-0.05, 0) is 48.6 Å². The van der Waals surface area contributed by atoms with Crippen molar-refractivity contribution in [2.75, 3.05) is 0 Å². The number of pyridine rings is 2. The van der Waals surface area contributed by atoms with Crippen LogP contribution in [0.3, 0.4) is 0 Å². The summed E-state index contributed by atoms with van der Waals surface area (Å²) < 4.78 is 96.5. The Morgan fingerprint density at radius 1 is 0.750 bits per heavy atom. The van der Waals surface area contributed by atoms with Crippen LogP contribution in [-0.2, 0) is 20.1 Å². The molecule has 5 heteroatoms. The normalized spacial score (nSPS) is 15.7. The van der Waals surface area contributed by atoms with Crippen molar-refractivity contribution in [1.29, 1.82) is 5.26 Å². The van der Waals surface area contributed by atoms with Crippen molar-refractivity contribution in [3.63, 3.8) is 0 Å². The monoisotopic (exact) mass is 760 g/mol. The van der Waals surface area contributed by atoms with Crippen LogP contribution in [0.2, 0.25) is 0 Å². The molecule has 44 heavy (non-hydrogen) atoms. The summed E-state index contributed by atoms with van der Waals surface area (Å²) in [5.74, 6) is 0. The Kier molecular flexibility index (Phi) is 5.61. The summed E-state index contributed by atoms with van der Waals surface area (Å²) in [6, 6.07) is 33.7. The van der Waals surface area contributed by atoms with E-state index in [2.05, 4.69) is 28.2 Å². The van der Waals surface area contributed by atoms with E-state index in [1.807, 2.05) is 42.5 Å². The quantitative estimate of drug-likeness (QED) is 0.168. The summed E-state index contributed by atoms with van der Waals surface area (Å²) >= 11 is 0. The van der Waals surface area contributed by atoms with Crippen LogP contribution in [0.15, 0.2) is 108 Å².